The summed E-state index contributed by atoms with van der Waals surface area (Å²) in [6.45, 7) is 2.25. The van der Waals surface area contributed by atoms with Gasteiger partial charge in [0.15, 0.2) is 5.17 Å². The number of fused-ring (bicyclic) bond motifs is 1. The zero-order chi connectivity index (χ0) is 13.0. The Morgan fingerprint density at radius 3 is 2.50 bits per heavy atom. The molecule has 1 atom stereocenters. The maximum Gasteiger partial charge on any atom is 0.160 e. The SMILES string of the molecule is [O]=[Cr](=[O])=[O].c1ccc(C2CN3CCSC3=N2)cc1. The van der Waals surface area contributed by atoms with Crippen molar-refractivity contribution in [2.24, 2.45) is 4.99 Å². The Hall–Kier alpha value is -1.03. The molecule has 18 heavy (non-hydrogen) atoms. The van der Waals surface area contributed by atoms with Gasteiger partial charge in [0.05, 0.1) is 6.04 Å². The van der Waals surface area contributed by atoms with Crippen LogP contribution in [0.15, 0.2) is 35.3 Å². The molecular weight excluding hydrogens is 292 g/mol. The molecule has 0 aliphatic carbocycles. The molecule has 0 bridgehead atoms. The summed E-state index contributed by atoms with van der Waals surface area (Å²) in [6.07, 6.45) is 0. The molecule has 3 rings (SSSR count). The fraction of sp³-hybridized carbons (Fsp3) is 0.364. The molecule has 0 aromatic heterocycles. The maximum absolute atomic E-state index is 8.54. The van der Waals surface area contributed by atoms with Crippen LogP contribution in [-0.2, 0) is 25.4 Å². The van der Waals surface area contributed by atoms with Gasteiger partial charge in [-0.05, 0) is 5.56 Å². The molecular formula is C11H12CrN2O3S. The minimum atomic E-state index is -3.79. The van der Waals surface area contributed by atoms with E-state index in [1.54, 1.807) is 0 Å². The molecule has 1 aromatic rings. The van der Waals surface area contributed by atoms with Gasteiger partial charge in [0.1, 0.15) is 0 Å². The molecule has 1 unspecified atom stereocenters. The van der Waals surface area contributed by atoms with Crippen molar-refractivity contribution in [1.29, 1.82) is 0 Å². The molecule has 7 heteroatoms. The monoisotopic (exact) mass is 304 g/mol. The Labute approximate surface area is 113 Å². The molecule has 0 N–H and O–H groups in total. The number of amidine groups is 1. The van der Waals surface area contributed by atoms with E-state index in [4.69, 9.17) is 16.4 Å². The van der Waals surface area contributed by atoms with E-state index in [-0.39, 0.29) is 0 Å². The molecule has 2 aliphatic rings. The third kappa shape index (κ3) is 3.48. The van der Waals surface area contributed by atoms with E-state index >= 15 is 0 Å². The third-order valence-electron chi connectivity index (χ3n) is 2.71. The number of hydrogen-bond donors (Lipinski definition) is 0. The summed E-state index contributed by atoms with van der Waals surface area (Å²) >= 11 is -1.90. The van der Waals surface area contributed by atoms with E-state index in [1.807, 2.05) is 11.8 Å². The van der Waals surface area contributed by atoms with E-state index in [0.29, 0.717) is 6.04 Å². The van der Waals surface area contributed by atoms with E-state index in [9.17, 15) is 0 Å². The number of rotatable bonds is 1. The van der Waals surface area contributed by atoms with Crippen molar-refractivity contribution in [1.82, 2.24) is 4.90 Å². The Balaban J connectivity index is 0.000000267. The van der Waals surface area contributed by atoms with Crippen molar-refractivity contribution < 1.29 is 25.4 Å². The first-order chi connectivity index (χ1) is 8.66. The van der Waals surface area contributed by atoms with E-state index in [1.165, 1.54) is 23.0 Å². The predicted octanol–water partition coefficient (Wildman–Crippen LogP) is 1.79. The van der Waals surface area contributed by atoms with Crippen molar-refractivity contribution in [2.75, 3.05) is 18.8 Å². The largest absolute Gasteiger partial charge is 0.348 e. The first-order valence-corrected chi connectivity index (χ1v) is 7.99. The maximum atomic E-state index is 8.54. The van der Waals surface area contributed by atoms with Crippen LogP contribution in [-0.4, -0.2) is 28.9 Å². The van der Waals surface area contributed by atoms with Crippen LogP contribution in [0.25, 0.3) is 0 Å². The standard InChI is InChI=1S/C11H12N2S.Cr.3O/c1-2-4-9(5-3-1)10-8-13-6-7-14-11(13)12-10;;;;/h1-5,10H,6-8H2;;;;. The summed E-state index contributed by atoms with van der Waals surface area (Å²) in [4.78, 5) is 7.12. The average Bonchev–Trinajstić information content (AvgIpc) is 2.89. The minimum absolute atomic E-state index is 0.374. The van der Waals surface area contributed by atoms with Crippen LogP contribution in [0.2, 0.25) is 0 Å². The van der Waals surface area contributed by atoms with Crippen LogP contribution < -0.4 is 0 Å². The van der Waals surface area contributed by atoms with Crippen LogP contribution in [0.5, 0.6) is 0 Å². The molecule has 0 radical (unpaired) electrons. The fourth-order valence-corrected chi connectivity index (χ4v) is 3.00. The van der Waals surface area contributed by atoms with Gasteiger partial charge in [-0.1, -0.05) is 42.1 Å². The quantitative estimate of drug-likeness (QED) is 0.791. The smallest absolute Gasteiger partial charge is 0.160 e. The molecule has 0 saturated carbocycles. The zero-order valence-electron chi connectivity index (χ0n) is 9.52. The first-order valence-electron chi connectivity index (χ1n) is 5.44. The van der Waals surface area contributed by atoms with Crippen LogP contribution in [0.4, 0.5) is 0 Å². The van der Waals surface area contributed by atoms with Crippen LogP contribution in [0, 0.1) is 0 Å². The van der Waals surface area contributed by atoms with Gasteiger partial charge in [-0.2, -0.15) is 0 Å². The van der Waals surface area contributed by atoms with Gasteiger partial charge in [-0.3, -0.25) is 4.99 Å². The van der Waals surface area contributed by atoms with Gasteiger partial charge in [-0.15, -0.1) is 0 Å². The van der Waals surface area contributed by atoms with Crippen molar-refractivity contribution >= 4 is 16.9 Å². The normalized spacial score (nSPS) is 20.8. The number of hydrogen-bond acceptors (Lipinski definition) is 6. The summed E-state index contributed by atoms with van der Waals surface area (Å²) < 4.78 is 25.6. The third-order valence-corrected chi connectivity index (χ3v) is 3.72. The predicted molar refractivity (Wildman–Crippen MR) is 62.7 cm³/mol. The Bertz CT molecular complexity index is 537. The second-order valence-corrected chi connectivity index (χ2v) is 5.54. The van der Waals surface area contributed by atoms with Gasteiger partial charge < -0.3 is 4.90 Å². The topological polar surface area (TPSA) is 66.8 Å². The molecule has 2 heterocycles. The summed E-state index contributed by atoms with van der Waals surface area (Å²) in [5.74, 6) is 1.21. The van der Waals surface area contributed by atoms with E-state index < -0.39 is 14.0 Å². The number of thioether (sulfide) groups is 1. The van der Waals surface area contributed by atoms with Gasteiger partial charge in [0.25, 0.3) is 0 Å². The van der Waals surface area contributed by atoms with E-state index in [2.05, 4.69) is 35.2 Å². The first kappa shape index (κ1) is 13.4. The van der Waals surface area contributed by atoms with Crippen molar-refractivity contribution in [3.63, 3.8) is 0 Å². The van der Waals surface area contributed by atoms with Crippen LogP contribution in [0.1, 0.15) is 11.6 Å². The number of aliphatic imine (C=N–C) groups is 1. The second kappa shape index (κ2) is 6.23. The summed E-state index contributed by atoms with van der Waals surface area (Å²) in [6, 6.07) is 10.9. The summed E-state index contributed by atoms with van der Waals surface area (Å²) in [5, 5.41) is 1.25. The van der Waals surface area contributed by atoms with Crippen molar-refractivity contribution in [3.05, 3.63) is 35.9 Å². The van der Waals surface area contributed by atoms with Gasteiger partial charge in [0.2, 0.25) is 0 Å². The van der Waals surface area contributed by atoms with Gasteiger partial charge in [-0.25, -0.2) is 0 Å². The van der Waals surface area contributed by atoms with Crippen LogP contribution in [0.3, 0.4) is 0 Å². The van der Waals surface area contributed by atoms with Gasteiger partial charge in [0, 0.05) is 18.8 Å². The number of nitrogens with zero attached hydrogens (tertiary/aromatic N) is 2. The summed E-state index contributed by atoms with van der Waals surface area (Å²) in [7, 11) is 0. The molecule has 1 aromatic carbocycles. The minimum Gasteiger partial charge on any atom is -0.348 e. The van der Waals surface area contributed by atoms with E-state index in [0.717, 1.165) is 6.54 Å². The molecule has 2 aliphatic heterocycles. The average molecular weight is 304 g/mol. The number of benzene rings is 1. The van der Waals surface area contributed by atoms with Crippen molar-refractivity contribution in [3.8, 4) is 0 Å². The van der Waals surface area contributed by atoms with Crippen molar-refractivity contribution in [2.45, 2.75) is 6.04 Å². The van der Waals surface area contributed by atoms with Gasteiger partial charge >= 0.3 is 25.4 Å². The molecule has 5 nitrogen and oxygen atoms in total. The van der Waals surface area contributed by atoms with Crippen LogP contribution >= 0.6 is 11.8 Å². The second-order valence-electron chi connectivity index (χ2n) is 3.84. The Morgan fingerprint density at radius 1 is 1.22 bits per heavy atom. The molecule has 0 amide bonds. The zero-order valence-corrected chi connectivity index (χ0v) is 11.6. The molecule has 1 saturated heterocycles. The fourth-order valence-electron chi connectivity index (χ4n) is 1.96. The summed E-state index contributed by atoms with van der Waals surface area (Å²) in [5.41, 5.74) is 1.34. The Kier molecular flexibility index (Phi) is 4.64. The molecule has 96 valence electrons. The molecule has 1 fully saturated rings. The molecule has 0 spiro atoms. The Morgan fingerprint density at radius 2 is 1.89 bits per heavy atom.